The van der Waals surface area contributed by atoms with Crippen molar-refractivity contribution in [1.82, 2.24) is 34.9 Å². The molecule has 2 N–H and O–H groups in total. The number of fused-ring (bicyclic) bond motifs is 8. The number of aromatic amines is 2. The van der Waals surface area contributed by atoms with Crippen molar-refractivity contribution < 1.29 is 0 Å². The van der Waals surface area contributed by atoms with Crippen molar-refractivity contribution in [3.05, 3.63) is 150 Å². The van der Waals surface area contributed by atoms with E-state index in [9.17, 15) is 0 Å². The van der Waals surface area contributed by atoms with Crippen LogP contribution < -0.4 is 0 Å². The van der Waals surface area contributed by atoms with Gasteiger partial charge in [0, 0.05) is 81.5 Å². The first-order chi connectivity index (χ1) is 25.1. The third-order valence-corrected chi connectivity index (χ3v) is 9.53. The number of benzene rings is 1. The van der Waals surface area contributed by atoms with Crippen LogP contribution in [0.15, 0.2) is 122 Å². The molecule has 0 aliphatic carbocycles. The standard InChI is InChI=1S/C44H33N7/c1-27(2)28-3-5-29(6-4-28)41-33-7-9-35(48-33)42(30-15-21-45-22-16-30)37-11-13-39(50-37)44(32-19-25-47-26-20-32)40-14-12-38(51-40)43(31-17-23-46-24-18-31)36-10-8-34(41)49-36/h3-27,48,51H,1-2H3. The van der Waals surface area contributed by atoms with Crippen LogP contribution in [0.1, 0.15) is 48.1 Å². The summed E-state index contributed by atoms with van der Waals surface area (Å²) in [5.74, 6) is 0.431. The Morgan fingerprint density at radius 1 is 0.373 bits per heavy atom. The van der Waals surface area contributed by atoms with Crippen LogP contribution in [-0.2, 0) is 0 Å². The van der Waals surface area contributed by atoms with Crippen molar-refractivity contribution >= 4 is 46.4 Å². The molecule has 7 nitrogen and oxygen atoms in total. The Hall–Kier alpha value is -6.73. The Morgan fingerprint density at radius 2 is 0.667 bits per heavy atom. The molecule has 7 heteroatoms. The highest BCUT2D eigenvalue weighted by Crippen LogP contribution is 2.38. The van der Waals surface area contributed by atoms with Gasteiger partial charge in [0.15, 0.2) is 0 Å². The van der Waals surface area contributed by atoms with Gasteiger partial charge in [-0.25, -0.2) is 9.97 Å². The fourth-order valence-electron chi connectivity index (χ4n) is 7.01. The third kappa shape index (κ3) is 5.55. The molecule has 0 spiro atoms. The minimum absolute atomic E-state index is 0.431. The van der Waals surface area contributed by atoms with E-state index in [1.54, 1.807) is 0 Å². The number of nitrogens with zero attached hydrogens (tertiary/aromatic N) is 5. The first-order valence-electron chi connectivity index (χ1n) is 17.1. The summed E-state index contributed by atoms with van der Waals surface area (Å²) in [5.41, 5.74) is 16.7. The van der Waals surface area contributed by atoms with Crippen LogP contribution in [0.25, 0.3) is 90.9 Å². The van der Waals surface area contributed by atoms with Crippen molar-refractivity contribution in [2.24, 2.45) is 0 Å². The number of hydrogen-bond donors (Lipinski definition) is 2. The molecule has 1 aromatic carbocycles. The highest BCUT2D eigenvalue weighted by molar-refractivity contribution is 5.99. The van der Waals surface area contributed by atoms with E-state index >= 15 is 0 Å². The largest absolute Gasteiger partial charge is 0.354 e. The molecule has 0 saturated carbocycles. The molecule has 0 unspecified atom stereocenters. The Morgan fingerprint density at radius 3 is 0.961 bits per heavy atom. The average Bonchev–Trinajstić information content (AvgIpc) is 4.01. The number of pyridine rings is 3. The van der Waals surface area contributed by atoms with E-state index in [0.717, 1.165) is 89.4 Å². The predicted octanol–water partition coefficient (Wildman–Crippen LogP) is 10.6. The zero-order valence-electron chi connectivity index (χ0n) is 28.2. The highest BCUT2D eigenvalue weighted by atomic mass is 14.8. The first kappa shape index (κ1) is 30.3. The lowest BCUT2D eigenvalue weighted by Crippen LogP contribution is -1.91. The van der Waals surface area contributed by atoms with Crippen LogP contribution in [0.5, 0.6) is 0 Å². The summed E-state index contributed by atoms with van der Waals surface area (Å²) < 4.78 is 0. The zero-order chi connectivity index (χ0) is 34.3. The van der Waals surface area contributed by atoms with Gasteiger partial charge in [-0.3, -0.25) is 15.0 Å². The monoisotopic (exact) mass is 659 g/mol. The minimum Gasteiger partial charge on any atom is -0.354 e. The van der Waals surface area contributed by atoms with Crippen LogP contribution in [-0.4, -0.2) is 34.9 Å². The predicted molar refractivity (Wildman–Crippen MR) is 208 cm³/mol. The molecule has 7 aromatic rings. The van der Waals surface area contributed by atoms with Crippen molar-refractivity contribution in [2.45, 2.75) is 19.8 Å². The summed E-state index contributed by atoms with van der Waals surface area (Å²) in [4.78, 5) is 31.2. The summed E-state index contributed by atoms with van der Waals surface area (Å²) in [7, 11) is 0. The second-order valence-electron chi connectivity index (χ2n) is 13.0. The van der Waals surface area contributed by atoms with Crippen LogP contribution in [0, 0.1) is 0 Å². The number of hydrogen-bond acceptors (Lipinski definition) is 5. The molecular weight excluding hydrogens is 627 g/mol. The van der Waals surface area contributed by atoms with Gasteiger partial charge in [0.2, 0.25) is 0 Å². The molecule has 244 valence electrons. The second kappa shape index (κ2) is 12.6. The molecule has 2 aliphatic rings. The Kier molecular flexibility index (Phi) is 7.51. The summed E-state index contributed by atoms with van der Waals surface area (Å²) in [5, 5.41) is 0. The van der Waals surface area contributed by atoms with Crippen molar-refractivity contribution in [3.63, 3.8) is 0 Å². The van der Waals surface area contributed by atoms with Crippen LogP contribution in [0.3, 0.4) is 0 Å². The van der Waals surface area contributed by atoms with Crippen molar-refractivity contribution in [2.75, 3.05) is 0 Å². The summed E-state index contributed by atoms with van der Waals surface area (Å²) in [6.07, 6.45) is 19.4. The molecular formula is C44H33N7. The van der Waals surface area contributed by atoms with E-state index in [1.807, 2.05) is 73.6 Å². The molecule has 9 rings (SSSR count). The molecule has 0 saturated heterocycles. The van der Waals surface area contributed by atoms with Gasteiger partial charge in [-0.05, 0) is 119 Å². The maximum Gasteiger partial charge on any atom is 0.0737 e. The second-order valence-corrected chi connectivity index (χ2v) is 13.0. The van der Waals surface area contributed by atoms with E-state index in [-0.39, 0.29) is 0 Å². The maximum absolute atomic E-state index is 5.37. The van der Waals surface area contributed by atoms with Crippen LogP contribution >= 0.6 is 0 Å². The molecule has 0 amide bonds. The summed E-state index contributed by atoms with van der Waals surface area (Å²) >= 11 is 0. The number of rotatable bonds is 5. The summed E-state index contributed by atoms with van der Waals surface area (Å²) in [6.45, 7) is 4.44. The quantitative estimate of drug-likeness (QED) is 0.192. The van der Waals surface area contributed by atoms with Crippen LogP contribution in [0.2, 0.25) is 0 Å². The van der Waals surface area contributed by atoms with Crippen molar-refractivity contribution in [1.29, 1.82) is 0 Å². The van der Waals surface area contributed by atoms with Crippen molar-refractivity contribution in [3.8, 4) is 44.5 Å². The Bertz CT molecular complexity index is 2600. The molecule has 0 fully saturated rings. The maximum atomic E-state index is 5.37. The molecule has 8 bridgehead atoms. The van der Waals surface area contributed by atoms with Gasteiger partial charge in [-0.15, -0.1) is 0 Å². The number of aromatic nitrogens is 7. The lowest BCUT2D eigenvalue weighted by molar-refractivity contribution is 0.867. The van der Waals surface area contributed by atoms with E-state index in [4.69, 9.17) is 9.97 Å². The van der Waals surface area contributed by atoms with E-state index in [2.05, 4.69) is 112 Å². The van der Waals surface area contributed by atoms with E-state index < -0.39 is 0 Å². The zero-order valence-corrected chi connectivity index (χ0v) is 28.2. The van der Waals surface area contributed by atoms with E-state index in [0.29, 0.717) is 5.92 Å². The number of nitrogens with one attached hydrogen (secondary N) is 2. The van der Waals surface area contributed by atoms with Gasteiger partial charge in [0.25, 0.3) is 0 Å². The molecule has 51 heavy (non-hydrogen) atoms. The minimum atomic E-state index is 0.431. The molecule has 8 heterocycles. The van der Waals surface area contributed by atoms with Gasteiger partial charge in [-0.1, -0.05) is 38.1 Å². The van der Waals surface area contributed by atoms with Crippen LogP contribution in [0.4, 0.5) is 0 Å². The topological polar surface area (TPSA) is 96.0 Å². The van der Waals surface area contributed by atoms with Gasteiger partial charge < -0.3 is 9.97 Å². The SMILES string of the molecule is CC(C)c1ccc(-c2c3nc(c(-c4ccncc4)c4ccc([nH]4)c(-c4ccncc4)c4nc(c(-c5ccncc5)c5ccc2[nH]5)C=C4)C=C3)cc1. The van der Waals surface area contributed by atoms with Gasteiger partial charge in [-0.2, -0.15) is 0 Å². The molecule has 2 aliphatic heterocycles. The highest BCUT2D eigenvalue weighted by Gasteiger charge is 2.19. The Balaban J connectivity index is 1.46. The molecule has 0 radical (unpaired) electrons. The van der Waals surface area contributed by atoms with E-state index in [1.165, 1.54) is 5.56 Å². The third-order valence-electron chi connectivity index (χ3n) is 9.53. The summed E-state index contributed by atoms with van der Waals surface area (Å²) in [6, 6.07) is 29.6. The fourth-order valence-corrected chi connectivity index (χ4v) is 7.01. The van der Waals surface area contributed by atoms with Gasteiger partial charge >= 0.3 is 0 Å². The van der Waals surface area contributed by atoms with Gasteiger partial charge in [0.1, 0.15) is 0 Å². The Labute approximate surface area is 295 Å². The normalized spacial score (nSPS) is 12.1. The van der Waals surface area contributed by atoms with Gasteiger partial charge in [0.05, 0.1) is 22.8 Å². The lowest BCUT2D eigenvalue weighted by atomic mass is 9.98. The smallest absolute Gasteiger partial charge is 0.0737 e. The molecule has 6 aromatic heterocycles. The number of H-pyrrole nitrogens is 2. The molecule has 0 atom stereocenters. The fraction of sp³-hybridized carbons (Fsp3) is 0.0682. The first-order valence-corrected chi connectivity index (χ1v) is 17.1. The lowest BCUT2D eigenvalue weighted by Gasteiger charge is -2.09. The average molecular weight is 660 g/mol.